The molecule has 0 amide bonds. The third-order valence-corrected chi connectivity index (χ3v) is 7.90. The molecule has 0 aliphatic heterocycles. The van der Waals surface area contributed by atoms with Crippen LogP contribution in [0.15, 0.2) is 120 Å². The molecule has 0 saturated heterocycles. The normalized spacial score (nSPS) is 11.9. The van der Waals surface area contributed by atoms with Gasteiger partial charge in [-0.05, 0) is 45.8 Å². The minimum absolute atomic E-state index is 0.566. The van der Waals surface area contributed by atoms with Gasteiger partial charge in [0, 0.05) is 39.7 Å². The summed E-state index contributed by atoms with van der Waals surface area (Å²) in [5.74, 6) is 1.81. The average Bonchev–Trinajstić information content (AvgIpc) is 3.76. The van der Waals surface area contributed by atoms with Gasteiger partial charge < -0.3 is 14.4 Å². The number of hydrogen-bond acceptors (Lipinski definition) is 4. The van der Waals surface area contributed by atoms with E-state index in [1.807, 2.05) is 60.8 Å². The molecule has 0 aliphatic carbocycles. The van der Waals surface area contributed by atoms with Gasteiger partial charge in [0.2, 0.25) is 0 Å². The summed E-state index contributed by atoms with van der Waals surface area (Å²) in [5.41, 5.74) is 6.36. The minimum atomic E-state index is 0.566. The van der Waals surface area contributed by atoms with Crippen molar-refractivity contribution in [1.82, 2.24) is 24.9 Å². The Kier molecular flexibility index (Phi) is 4.51. The molecule has 0 unspecified atom stereocenters. The van der Waals surface area contributed by atoms with E-state index in [4.69, 9.17) is 19.4 Å². The summed E-state index contributed by atoms with van der Waals surface area (Å²) in [6.45, 7) is 0. The van der Waals surface area contributed by atoms with E-state index >= 15 is 0 Å². The molecule has 0 atom stereocenters. The molecule has 0 bridgehead atoms. The quantitative estimate of drug-likeness (QED) is 0.225. The van der Waals surface area contributed by atoms with Crippen molar-refractivity contribution in [3.8, 4) is 34.3 Å². The first-order valence-electron chi connectivity index (χ1n) is 13.5. The smallest absolute Gasteiger partial charge is 0.180 e. The zero-order valence-electron chi connectivity index (χ0n) is 21.7. The second-order valence-electron chi connectivity index (χ2n) is 10.3. The van der Waals surface area contributed by atoms with Crippen molar-refractivity contribution in [2.45, 2.75) is 0 Å². The van der Waals surface area contributed by atoms with Crippen LogP contribution in [-0.2, 0) is 0 Å². The second-order valence-corrected chi connectivity index (χ2v) is 10.3. The van der Waals surface area contributed by atoms with Crippen LogP contribution >= 0.6 is 0 Å². The highest BCUT2D eigenvalue weighted by molar-refractivity contribution is 6.18. The van der Waals surface area contributed by atoms with Gasteiger partial charge in [0.1, 0.15) is 5.58 Å². The maximum absolute atomic E-state index is 6.10. The molecule has 5 aromatic carbocycles. The maximum atomic E-state index is 6.10. The van der Waals surface area contributed by atoms with Crippen molar-refractivity contribution in [2.24, 2.45) is 0 Å². The molecule has 41 heavy (non-hydrogen) atoms. The van der Waals surface area contributed by atoms with Gasteiger partial charge in [0.15, 0.2) is 23.1 Å². The van der Waals surface area contributed by atoms with Crippen LogP contribution in [0.5, 0.6) is 0 Å². The number of furan rings is 1. The lowest BCUT2D eigenvalue weighted by Gasteiger charge is -2.11. The molecule has 0 aliphatic rings. The monoisotopic (exact) mass is 527 g/mol. The largest absolute Gasteiger partial charge is 0.454 e. The van der Waals surface area contributed by atoms with Crippen molar-refractivity contribution in [2.75, 3.05) is 0 Å². The number of nitrogens with one attached hydrogen (secondary N) is 2. The first-order chi connectivity index (χ1) is 20.3. The van der Waals surface area contributed by atoms with Gasteiger partial charge in [0.25, 0.3) is 0 Å². The highest BCUT2D eigenvalue weighted by atomic mass is 16.3. The molecule has 6 nitrogen and oxygen atoms in total. The molecule has 4 heterocycles. The van der Waals surface area contributed by atoms with E-state index in [1.54, 1.807) is 0 Å². The topological polar surface area (TPSA) is 83.4 Å². The average molecular weight is 528 g/mol. The molecule has 0 spiro atoms. The maximum Gasteiger partial charge on any atom is 0.180 e. The van der Waals surface area contributed by atoms with E-state index < -0.39 is 0 Å². The Balaban J connectivity index is 1.29. The molecule has 192 valence electrons. The molecular weight excluding hydrogens is 506 g/mol. The van der Waals surface area contributed by atoms with Crippen molar-refractivity contribution in [3.05, 3.63) is 115 Å². The fourth-order valence-electron chi connectivity index (χ4n) is 5.96. The number of aromatic amines is 2. The number of nitrogens with zero attached hydrogens (tertiary/aromatic N) is 3. The first-order valence-corrected chi connectivity index (χ1v) is 13.5. The van der Waals surface area contributed by atoms with Gasteiger partial charge in [-0.1, -0.05) is 78.9 Å². The summed E-state index contributed by atoms with van der Waals surface area (Å²) in [6, 6.07) is 37.2. The fourth-order valence-corrected chi connectivity index (χ4v) is 5.96. The third-order valence-electron chi connectivity index (χ3n) is 7.90. The zero-order chi connectivity index (χ0) is 26.9. The van der Waals surface area contributed by atoms with Crippen molar-refractivity contribution < 1.29 is 4.42 Å². The molecule has 2 N–H and O–H groups in total. The summed E-state index contributed by atoms with van der Waals surface area (Å²) in [6.07, 6.45) is 1.99. The van der Waals surface area contributed by atoms with Gasteiger partial charge in [-0.2, -0.15) is 0 Å². The van der Waals surface area contributed by atoms with E-state index in [2.05, 4.69) is 64.6 Å². The van der Waals surface area contributed by atoms with Crippen LogP contribution in [0.3, 0.4) is 0 Å². The summed E-state index contributed by atoms with van der Waals surface area (Å²) in [7, 11) is 0. The standard InChI is InChI=1S/C35H21N5O/c1-2-7-20(8-3-1)33-38-34(40-35(39-33)29-19-31-32(37-29)27-9-4-5-12-30(27)41-31)26-11-6-10-21-22-15-16-28-25(17-18-36-28)23(22)13-14-24(21)26/h1-19,36-37H. The minimum Gasteiger partial charge on any atom is -0.454 e. The van der Waals surface area contributed by atoms with Crippen LogP contribution in [-0.4, -0.2) is 24.9 Å². The Hall–Kier alpha value is -5.75. The Bertz CT molecular complexity index is 2430. The lowest BCUT2D eigenvalue weighted by atomic mass is 9.96. The summed E-state index contributed by atoms with van der Waals surface area (Å²) < 4.78 is 6.10. The van der Waals surface area contributed by atoms with E-state index in [1.165, 1.54) is 16.2 Å². The Morgan fingerprint density at radius 2 is 1.24 bits per heavy atom. The van der Waals surface area contributed by atoms with Crippen LogP contribution in [0.25, 0.3) is 88.8 Å². The Morgan fingerprint density at radius 1 is 0.512 bits per heavy atom. The van der Waals surface area contributed by atoms with Crippen LogP contribution in [0.4, 0.5) is 0 Å². The van der Waals surface area contributed by atoms with E-state index in [0.29, 0.717) is 17.5 Å². The summed E-state index contributed by atoms with van der Waals surface area (Å²) in [4.78, 5) is 21.8. The number of H-pyrrole nitrogens is 2. The number of aromatic nitrogens is 5. The SMILES string of the molecule is c1ccc(-c2nc(-c3cc4oc5ccccc5c4[nH]3)nc(-c3cccc4c3ccc3c5cc[nH]c5ccc43)n2)cc1. The van der Waals surface area contributed by atoms with Crippen LogP contribution in [0.1, 0.15) is 0 Å². The van der Waals surface area contributed by atoms with Crippen molar-refractivity contribution in [3.63, 3.8) is 0 Å². The van der Waals surface area contributed by atoms with E-state index in [-0.39, 0.29) is 0 Å². The Labute approximate surface area is 233 Å². The van der Waals surface area contributed by atoms with Gasteiger partial charge in [-0.15, -0.1) is 0 Å². The van der Waals surface area contributed by atoms with Gasteiger partial charge >= 0.3 is 0 Å². The van der Waals surface area contributed by atoms with Gasteiger partial charge in [-0.3, -0.25) is 0 Å². The number of benzene rings is 5. The predicted molar refractivity (Wildman–Crippen MR) is 165 cm³/mol. The lowest BCUT2D eigenvalue weighted by Crippen LogP contribution is -2.00. The van der Waals surface area contributed by atoms with Crippen molar-refractivity contribution in [1.29, 1.82) is 0 Å². The molecule has 4 aromatic heterocycles. The number of hydrogen-bond donors (Lipinski definition) is 2. The molecular formula is C35H21N5O. The van der Waals surface area contributed by atoms with E-state index in [0.717, 1.165) is 55.2 Å². The second kappa shape index (κ2) is 8.37. The molecule has 0 radical (unpaired) electrons. The fraction of sp³-hybridized carbons (Fsp3) is 0. The van der Waals surface area contributed by atoms with E-state index in [9.17, 15) is 0 Å². The molecule has 0 fully saturated rings. The molecule has 6 heteroatoms. The predicted octanol–water partition coefficient (Wildman–Crippen LogP) is 8.89. The number of fused-ring (bicyclic) bond motifs is 8. The van der Waals surface area contributed by atoms with Gasteiger partial charge in [0.05, 0.1) is 11.2 Å². The van der Waals surface area contributed by atoms with Crippen LogP contribution in [0, 0.1) is 0 Å². The molecule has 9 aromatic rings. The van der Waals surface area contributed by atoms with Crippen molar-refractivity contribution >= 4 is 54.5 Å². The summed E-state index contributed by atoms with van der Waals surface area (Å²) in [5, 5.41) is 6.92. The molecule has 0 saturated carbocycles. The van der Waals surface area contributed by atoms with Crippen LogP contribution in [0.2, 0.25) is 0 Å². The van der Waals surface area contributed by atoms with Gasteiger partial charge in [-0.25, -0.2) is 15.0 Å². The lowest BCUT2D eigenvalue weighted by molar-refractivity contribution is 0.669. The number of para-hydroxylation sites is 1. The third kappa shape index (κ3) is 3.34. The summed E-state index contributed by atoms with van der Waals surface area (Å²) >= 11 is 0. The zero-order valence-corrected chi connectivity index (χ0v) is 21.7. The van der Waals surface area contributed by atoms with Crippen LogP contribution < -0.4 is 0 Å². The highest BCUT2D eigenvalue weighted by Gasteiger charge is 2.18. The highest BCUT2D eigenvalue weighted by Crippen LogP contribution is 2.36. The first kappa shape index (κ1) is 22.1. The molecule has 9 rings (SSSR count). The number of rotatable bonds is 3. The Morgan fingerprint density at radius 3 is 2.20 bits per heavy atom.